The van der Waals surface area contributed by atoms with Crippen LogP contribution in [-0.2, 0) is 16.5 Å². The van der Waals surface area contributed by atoms with Gasteiger partial charge in [-0.2, -0.15) is 13.2 Å². The Morgan fingerprint density at radius 2 is 1.67 bits per heavy atom. The number of halogens is 3. The number of nitrogens with one attached hydrogen (secondary N) is 1. The van der Waals surface area contributed by atoms with Gasteiger partial charge in [0.15, 0.2) is 0 Å². The number of hydrogen-bond donors (Lipinski definition) is 1. The second-order valence-electron chi connectivity index (χ2n) is 9.00. The predicted molar refractivity (Wildman–Crippen MR) is 130 cm³/mol. The smallest absolute Gasteiger partial charge is 0.378 e. The van der Waals surface area contributed by atoms with Crippen molar-refractivity contribution in [3.05, 3.63) is 83.0 Å². The van der Waals surface area contributed by atoms with Gasteiger partial charge in [-0.25, -0.2) is 4.98 Å². The summed E-state index contributed by atoms with van der Waals surface area (Å²) in [5, 5.41) is 3.13. The van der Waals surface area contributed by atoms with Gasteiger partial charge in [-0.05, 0) is 60.4 Å². The van der Waals surface area contributed by atoms with Gasteiger partial charge in [-0.3, -0.25) is 4.79 Å². The molecule has 1 amide bonds. The van der Waals surface area contributed by atoms with Crippen LogP contribution in [0.3, 0.4) is 0 Å². The Morgan fingerprint density at radius 3 is 2.25 bits per heavy atom. The van der Waals surface area contributed by atoms with E-state index in [0.29, 0.717) is 48.8 Å². The largest absolute Gasteiger partial charge is 0.433 e. The highest BCUT2D eigenvalue weighted by Crippen LogP contribution is 2.46. The number of ether oxygens (including phenoxy) is 1. The maximum absolute atomic E-state index is 13.4. The Bertz CT molecular complexity index is 1300. The van der Waals surface area contributed by atoms with Crippen molar-refractivity contribution in [2.45, 2.75) is 24.6 Å². The van der Waals surface area contributed by atoms with Crippen molar-refractivity contribution in [1.82, 2.24) is 10.3 Å². The highest BCUT2D eigenvalue weighted by Gasteiger charge is 2.45. The molecule has 184 valence electrons. The molecule has 2 heterocycles. The first-order valence-electron chi connectivity index (χ1n) is 11.7. The summed E-state index contributed by atoms with van der Waals surface area (Å²) in [6, 6.07) is 16.9. The van der Waals surface area contributed by atoms with E-state index in [2.05, 4.69) is 16.2 Å². The second kappa shape index (κ2) is 9.32. The third-order valence-electron chi connectivity index (χ3n) is 6.64. The van der Waals surface area contributed by atoms with E-state index in [1.54, 1.807) is 24.3 Å². The lowest BCUT2D eigenvalue weighted by atomic mass is 9.98. The minimum absolute atomic E-state index is 0.179. The van der Waals surface area contributed by atoms with Crippen LogP contribution in [0.5, 0.6) is 0 Å². The molecule has 2 aromatic carbocycles. The standard InChI is InChI=1S/C28H24F3N3O2/c1-2-19-3-5-21(6-4-19)26(35)33-27(13-14-27)22-9-7-20(8-10-22)23-11-12-24(28(29,30)31)32-25(23)34-15-17-36-18-16-34/h1,3-12H,13-18H2,(H,33,35). The lowest BCUT2D eigenvalue weighted by Gasteiger charge is -2.30. The Labute approximate surface area is 207 Å². The number of carbonyl (C=O) groups excluding carboxylic acids is 1. The number of nitrogens with zero attached hydrogens (tertiary/aromatic N) is 2. The number of anilines is 1. The van der Waals surface area contributed by atoms with Gasteiger partial charge in [0, 0.05) is 29.8 Å². The van der Waals surface area contributed by atoms with Crippen molar-refractivity contribution >= 4 is 11.7 Å². The van der Waals surface area contributed by atoms with Gasteiger partial charge in [0.1, 0.15) is 11.5 Å². The van der Waals surface area contributed by atoms with E-state index in [-0.39, 0.29) is 5.91 Å². The van der Waals surface area contributed by atoms with Crippen molar-refractivity contribution in [3.63, 3.8) is 0 Å². The summed E-state index contributed by atoms with van der Waals surface area (Å²) in [6.45, 7) is 1.81. The lowest BCUT2D eigenvalue weighted by Crippen LogP contribution is -2.37. The van der Waals surface area contributed by atoms with E-state index in [1.807, 2.05) is 29.2 Å². The molecule has 2 aliphatic rings. The van der Waals surface area contributed by atoms with E-state index in [0.717, 1.165) is 30.0 Å². The van der Waals surface area contributed by atoms with Crippen LogP contribution in [0.1, 0.15) is 40.0 Å². The Morgan fingerprint density at radius 1 is 1.00 bits per heavy atom. The van der Waals surface area contributed by atoms with Crippen LogP contribution in [0.15, 0.2) is 60.7 Å². The maximum atomic E-state index is 13.4. The molecule has 8 heteroatoms. The molecule has 0 radical (unpaired) electrons. The van der Waals surface area contributed by atoms with Crippen LogP contribution in [0.2, 0.25) is 0 Å². The number of morpholine rings is 1. The zero-order valence-electron chi connectivity index (χ0n) is 19.4. The fourth-order valence-electron chi connectivity index (χ4n) is 4.43. The summed E-state index contributed by atoms with van der Waals surface area (Å²) in [5.41, 5.74) is 2.20. The fraction of sp³-hybridized carbons (Fsp3) is 0.286. The van der Waals surface area contributed by atoms with Gasteiger partial charge in [0.2, 0.25) is 0 Å². The van der Waals surface area contributed by atoms with Gasteiger partial charge < -0.3 is 15.0 Å². The molecule has 1 aromatic heterocycles. The van der Waals surface area contributed by atoms with Crippen molar-refractivity contribution < 1.29 is 22.7 Å². The maximum Gasteiger partial charge on any atom is 0.433 e. The normalized spacial score (nSPS) is 16.8. The van der Waals surface area contributed by atoms with Crippen LogP contribution in [0, 0.1) is 12.3 Å². The monoisotopic (exact) mass is 491 g/mol. The minimum Gasteiger partial charge on any atom is -0.378 e. The Kier molecular flexibility index (Phi) is 6.19. The van der Waals surface area contributed by atoms with Gasteiger partial charge in [-0.1, -0.05) is 30.2 Å². The van der Waals surface area contributed by atoms with E-state index in [9.17, 15) is 18.0 Å². The summed E-state index contributed by atoms with van der Waals surface area (Å²) < 4.78 is 45.5. The first-order valence-corrected chi connectivity index (χ1v) is 11.7. The number of benzene rings is 2. The zero-order chi connectivity index (χ0) is 25.3. The topological polar surface area (TPSA) is 54.5 Å². The quantitative estimate of drug-likeness (QED) is 0.510. The number of carbonyl (C=O) groups is 1. The fourth-order valence-corrected chi connectivity index (χ4v) is 4.43. The highest BCUT2D eigenvalue weighted by atomic mass is 19.4. The lowest BCUT2D eigenvalue weighted by molar-refractivity contribution is -0.141. The first kappa shape index (κ1) is 23.9. The molecule has 0 bridgehead atoms. The average molecular weight is 492 g/mol. The summed E-state index contributed by atoms with van der Waals surface area (Å²) in [4.78, 5) is 18.6. The van der Waals surface area contributed by atoms with E-state index >= 15 is 0 Å². The molecule has 1 saturated heterocycles. The molecule has 5 rings (SSSR count). The molecule has 1 aliphatic heterocycles. The van der Waals surface area contributed by atoms with Gasteiger partial charge in [0.25, 0.3) is 5.91 Å². The molecule has 1 N–H and O–H groups in total. The van der Waals surface area contributed by atoms with Crippen LogP contribution in [0.25, 0.3) is 11.1 Å². The molecule has 2 fully saturated rings. The van der Waals surface area contributed by atoms with Gasteiger partial charge >= 0.3 is 6.18 Å². The highest BCUT2D eigenvalue weighted by molar-refractivity contribution is 5.95. The van der Waals surface area contributed by atoms with Crippen molar-refractivity contribution in [3.8, 4) is 23.5 Å². The molecule has 3 aromatic rings. The molecule has 0 unspecified atom stereocenters. The Balaban J connectivity index is 1.40. The number of pyridine rings is 1. The summed E-state index contributed by atoms with van der Waals surface area (Å²) in [7, 11) is 0. The van der Waals surface area contributed by atoms with E-state index < -0.39 is 17.4 Å². The minimum atomic E-state index is -4.53. The molecule has 1 aliphatic carbocycles. The molecule has 5 nitrogen and oxygen atoms in total. The van der Waals surface area contributed by atoms with Crippen LogP contribution >= 0.6 is 0 Å². The van der Waals surface area contributed by atoms with Crippen molar-refractivity contribution in [2.24, 2.45) is 0 Å². The van der Waals surface area contributed by atoms with Crippen LogP contribution in [0.4, 0.5) is 19.0 Å². The average Bonchev–Trinajstić information content (AvgIpc) is 3.69. The van der Waals surface area contributed by atoms with Crippen LogP contribution < -0.4 is 10.2 Å². The van der Waals surface area contributed by atoms with Crippen molar-refractivity contribution in [2.75, 3.05) is 31.2 Å². The molecular weight excluding hydrogens is 467 g/mol. The second-order valence-corrected chi connectivity index (χ2v) is 9.00. The van der Waals surface area contributed by atoms with E-state index in [4.69, 9.17) is 11.2 Å². The first-order chi connectivity index (χ1) is 17.3. The molecule has 1 saturated carbocycles. The summed E-state index contributed by atoms with van der Waals surface area (Å²) >= 11 is 0. The van der Waals surface area contributed by atoms with Gasteiger partial charge in [-0.15, -0.1) is 6.42 Å². The number of aromatic nitrogens is 1. The predicted octanol–water partition coefficient (Wildman–Crippen LogP) is 5.00. The molecule has 0 spiro atoms. The number of terminal acetylenes is 1. The van der Waals surface area contributed by atoms with Gasteiger partial charge in [0.05, 0.1) is 18.8 Å². The number of rotatable bonds is 5. The van der Waals surface area contributed by atoms with E-state index in [1.165, 1.54) is 6.07 Å². The number of alkyl halides is 3. The number of hydrogen-bond acceptors (Lipinski definition) is 4. The Hall–Kier alpha value is -3.83. The third-order valence-corrected chi connectivity index (χ3v) is 6.64. The molecular formula is C28H24F3N3O2. The molecule has 36 heavy (non-hydrogen) atoms. The zero-order valence-corrected chi connectivity index (χ0v) is 19.4. The summed E-state index contributed by atoms with van der Waals surface area (Å²) in [5.74, 6) is 2.65. The SMILES string of the molecule is C#Cc1ccc(C(=O)NC2(c3ccc(-c4ccc(C(F)(F)F)nc4N4CCOCC4)cc3)CC2)cc1. The third kappa shape index (κ3) is 4.79. The van der Waals surface area contributed by atoms with Crippen LogP contribution in [-0.4, -0.2) is 37.2 Å². The number of amides is 1. The summed E-state index contributed by atoms with van der Waals surface area (Å²) in [6.07, 6.45) is 2.47. The van der Waals surface area contributed by atoms with Crippen molar-refractivity contribution in [1.29, 1.82) is 0 Å². The molecule has 0 atom stereocenters.